The molecule has 0 heterocycles. The summed E-state index contributed by atoms with van der Waals surface area (Å²) in [5, 5.41) is 0.0761. The van der Waals surface area contributed by atoms with Crippen LogP contribution in [0.3, 0.4) is 0 Å². The lowest BCUT2D eigenvalue weighted by atomic mass is 9.86. The highest BCUT2D eigenvalue weighted by Crippen LogP contribution is 2.27. The Morgan fingerprint density at radius 2 is 1.75 bits per heavy atom. The van der Waals surface area contributed by atoms with Crippen LogP contribution in [0.25, 0.3) is 0 Å². The molecule has 0 aromatic heterocycles. The van der Waals surface area contributed by atoms with E-state index in [1.165, 1.54) is 0 Å². The summed E-state index contributed by atoms with van der Waals surface area (Å²) < 4.78 is 0. The molecule has 0 saturated heterocycles. The number of thiol groups is 1. The van der Waals surface area contributed by atoms with Gasteiger partial charge in [-0.2, -0.15) is 0 Å². The van der Waals surface area contributed by atoms with E-state index < -0.39 is 0 Å². The summed E-state index contributed by atoms with van der Waals surface area (Å²) in [6, 6.07) is 0.675. The molecule has 1 aliphatic carbocycles. The van der Waals surface area contributed by atoms with E-state index in [4.69, 9.17) is 0 Å². The van der Waals surface area contributed by atoms with Crippen molar-refractivity contribution in [3.8, 4) is 0 Å². The van der Waals surface area contributed by atoms with Gasteiger partial charge < -0.3 is 4.90 Å². The number of carbonyl (C=O) groups excluding carboxylic acids is 1. The van der Waals surface area contributed by atoms with E-state index in [1.54, 1.807) is 0 Å². The van der Waals surface area contributed by atoms with Crippen molar-refractivity contribution in [2.24, 2.45) is 5.92 Å². The van der Waals surface area contributed by atoms with Crippen LogP contribution in [-0.2, 0) is 4.79 Å². The van der Waals surface area contributed by atoms with Crippen molar-refractivity contribution in [2.75, 3.05) is 14.1 Å². The third kappa shape index (κ3) is 2.49. The van der Waals surface area contributed by atoms with Crippen molar-refractivity contribution in [3.63, 3.8) is 0 Å². The minimum atomic E-state index is 0.0761. The lowest BCUT2D eigenvalue weighted by Gasteiger charge is -2.31. The summed E-state index contributed by atoms with van der Waals surface area (Å²) in [6.45, 7) is 0. The van der Waals surface area contributed by atoms with Crippen LogP contribution in [0, 0.1) is 5.92 Å². The molecule has 0 spiro atoms. The fraction of sp³-hybridized carbons (Fsp3) is 0.889. The largest absolute Gasteiger partial charge is 0.306 e. The molecule has 0 radical (unpaired) electrons. The van der Waals surface area contributed by atoms with Gasteiger partial charge in [0, 0.05) is 12.0 Å². The molecule has 0 amide bonds. The Balaban J connectivity index is 2.34. The summed E-state index contributed by atoms with van der Waals surface area (Å²) in [7, 11) is 4.21. The first-order chi connectivity index (χ1) is 5.61. The average Bonchev–Trinajstić information content (AvgIpc) is 2.04. The van der Waals surface area contributed by atoms with Crippen LogP contribution in [-0.4, -0.2) is 30.2 Å². The Kier molecular flexibility index (Phi) is 3.59. The number of rotatable bonds is 2. The number of nitrogens with zero attached hydrogens (tertiary/aromatic N) is 1. The SMILES string of the molecule is CN(C)C1CCC(C(=O)S)CC1. The van der Waals surface area contributed by atoms with Crippen LogP contribution in [0.1, 0.15) is 25.7 Å². The second kappa shape index (κ2) is 4.28. The molecule has 0 atom stereocenters. The van der Waals surface area contributed by atoms with Gasteiger partial charge in [-0.1, -0.05) is 0 Å². The first-order valence-corrected chi connectivity index (χ1v) is 4.95. The summed E-state index contributed by atoms with van der Waals surface area (Å²) in [5.41, 5.74) is 0. The molecular weight excluding hydrogens is 170 g/mol. The molecule has 3 heteroatoms. The van der Waals surface area contributed by atoms with Gasteiger partial charge in [0.05, 0.1) is 0 Å². The lowest BCUT2D eigenvalue weighted by molar-refractivity contribution is -0.115. The highest BCUT2D eigenvalue weighted by atomic mass is 32.1. The minimum absolute atomic E-state index is 0.0761. The monoisotopic (exact) mass is 187 g/mol. The van der Waals surface area contributed by atoms with Gasteiger partial charge in [0.15, 0.2) is 5.12 Å². The molecule has 1 rings (SSSR count). The van der Waals surface area contributed by atoms with Crippen molar-refractivity contribution >= 4 is 17.7 Å². The molecule has 0 N–H and O–H groups in total. The Morgan fingerprint density at radius 3 is 2.08 bits per heavy atom. The summed E-state index contributed by atoms with van der Waals surface area (Å²) in [4.78, 5) is 13.2. The highest BCUT2D eigenvalue weighted by Gasteiger charge is 2.25. The first-order valence-electron chi connectivity index (χ1n) is 4.50. The van der Waals surface area contributed by atoms with E-state index in [2.05, 4.69) is 31.6 Å². The van der Waals surface area contributed by atoms with Gasteiger partial charge in [0.1, 0.15) is 0 Å². The van der Waals surface area contributed by atoms with Crippen molar-refractivity contribution < 1.29 is 4.79 Å². The predicted molar refractivity (Wildman–Crippen MR) is 53.4 cm³/mol. The number of hydrogen-bond acceptors (Lipinski definition) is 2. The summed E-state index contributed by atoms with van der Waals surface area (Å²) in [6.07, 6.45) is 4.32. The minimum Gasteiger partial charge on any atom is -0.306 e. The molecule has 1 aliphatic rings. The van der Waals surface area contributed by atoms with Crippen LogP contribution in [0.4, 0.5) is 0 Å². The van der Waals surface area contributed by atoms with Gasteiger partial charge >= 0.3 is 0 Å². The van der Waals surface area contributed by atoms with E-state index in [1.807, 2.05) is 0 Å². The zero-order valence-electron chi connectivity index (χ0n) is 7.79. The molecular formula is C9H17NOS. The predicted octanol–water partition coefficient (Wildman–Crippen LogP) is 1.56. The summed E-state index contributed by atoms with van der Waals surface area (Å²) >= 11 is 3.87. The van der Waals surface area contributed by atoms with Gasteiger partial charge in [-0.25, -0.2) is 0 Å². The van der Waals surface area contributed by atoms with Crippen LogP contribution in [0.15, 0.2) is 0 Å². The molecule has 2 nitrogen and oxygen atoms in total. The van der Waals surface area contributed by atoms with E-state index in [-0.39, 0.29) is 11.0 Å². The molecule has 70 valence electrons. The average molecular weight is 187 g/mol. The Bertz CT molecular complexity index is 162. The number of carbonyl (C=O) groups is 1. The van der Waals surface area contributed by atoms with Crippen molar-refractivity contribution in [1.82, 2.24) is 4.90 Å². The molecule has 0 bridgehead atoms. The second-order valence-electron chi connectivity index (χ2n) is 3.81. The smallest absolute Gasteiger partial charge is 0.188 e. The first kappa shape index (κ1) is 10.1. The van der Waals surface area contributed by atoms with E-state index in [9.17, 15) is 4.79 Å². The number of hydrogen-bond donors (Lipinski definition) is 1. The van der Waals surface area contributed by atoms with E-state index in [0.29, 0.717) is 6.04 Å². The van der Waals surface area contributed by atoms with Gasteiger partial charge in [-0.05, 0) is 39.8 Å². The Hall–Kier alpha value is -0.0200. The molecule has 1 fully saturated rings. The van der Waals surface area contributed by atoms with E-state index >= 15 is 0 Å². The fourth-order valence-corrected chi connectivity index (χ4v) is 2.10. The maximum absolute atomic E-state index is 10.9. The van der Waals surface area contributed by atoms with E-state index in [0.717, 1.165) is 25.7 Å². The van der Waals surface area contributed by atoms with Crippen molar-refractivity contribution in [2.45, 2.75) is 31.7 Å². The Morgan fingerprint density at radius 1 is 1.25 bits per heavy atom. The standard InChI is InChI=1S/C9H17NOS/c1-10(2)8-5-3-7(4-6-8)9(11)12/h7-8H,3-6H2,1-2H3,(H,11,12). The zero-order chi connectivity index (χ0) is 9.14. The normalized spacial score (nSPS) is 30.7. The van der Waals surface area contributed by atoms with Crippen LogP contribution < -0.4 is 0 Å². The van der Waals surface area contributed by atoms with Gasteiger partial charge in [-0.3, -0.25) is 4.79 Å². The molecule has 0 aromatic rings. The lowest BCUT2D eigenvalue weighted by Crippen LogP contribution is -2.33. The quantitative estimate of drug-likeness (QED) is 0.662. The maximum atomic E-state index is 10.9. The molecule has 0 aromatic carbocycles. The van der Waals surface area contributed by atoms with Crippen LogP contribution in [0.2, 0.25) is 0 Å². The third-order valence-corrected chi connectivity index (χ3v) is 3.14. The van der Waals surface area contributed by atoms with Crippen molar-refractivity contribution in [1.29, 1.82) is 0 Å². The van der Waals surface area contributed by atoms with Gasteiger partial charge in [0.2, 0.25) is 0 Å². The molecule has 1 saturated carbocycles. The van der Waals surface area contributed by atoms with Crippen LogP contribution in [0.5, 0.6) is 0 Å². The maximum Gasteiger partial charge on any atom is 0.188 e. The topological polar surface area (TPSA) is 20.3 Å². The van der Waals surface area contributed by atoms with Crippen LogP contribution >= 0.6 is 12.6 Å². The highest BCUT2D eigenvalue weighted by molar-refractivity contribution is 7.96. The molecule has 0 aliphatic heterocycles. The third-order valence-electron chi connectivity index (χ3n) is 2.78. The molecule has 12 heavy (non-hydrogen) atoms. The molecule has 0 unspecified atom stereocenters. The van der Waals surface area contributed by atoms with Gasteiger partial charge in [-0.15, -0.1) is 12.6 Å². The fourth-order valence-electron chi connectivity index (χ4n) is 1.84. The zero-order valence-corrected chi connectivity index (χ0v) is 8.68. The summed E-state index contributed by atoms with van der Waals surface area (Å²) in [5.74, 6) is 0.226. The van der Waals surface area contributed by atoms with Crippen molar-refractivity contribution in [3.05, 3.63) is 0 Å². The Labute approximate surface area is 79.7 Å². The van der Waals surface area contributed by atoms with Gasteiger partial charge in [0.25, 0.3) is 0 Å². The second-order valence-corrected chi connectivity index (χ2v) is 4.25.